The Morgan fingerprint density at radius 1 is 1.14 bits per heavy atom. The third-order valence-electron chi connectivity index (χ3n) is 4.58. The average Bonchev–Trinajstić information content (AvgIpc) is 2.47. The predicted octanol–water partition coefficient (Wildman–Crippen LogP) is 1.09. The number of sulfone groups is 1. The topological polar surface area (TPSA) is 53.5 Å². The molecule has 0 amide bonds. The van der Waals surface area contributed by atoms with E-state index >= 15 is 0 Å². The van der Waals surface area contributed by atoms with E-state index in [-0.39, 0.29) is 0 Å². The van der Waals surface area contributed by atoms with E-state index in [1.54, 1.807) is 0 Å². The van der Waals surface area contributed by atoms with E-state index in [2.05, 4.69) is 27.8 Å². The minimum absolute atomic E-state index is 0.326. The number of rotatable bonds is 2. The molecule has 3 rings (SSSR count). The van der Waals surface area contributed by atoms with E-state index in [0.717, 1.165) is 31.7 Å². The first-order valence-corrected chi connectivity index (χ1v) is 9.48. The van der Waals surface area contributed by atoms with Crippen LogP contribution >= 0.6 is 0 Å². The van der Waals surface area contributed by atoms with Gasteiger partial charge in [-0.3, -0.25) is 4.90 Å². The first-order chi connectivity index (χ1) is 10.0. The van der Waals surface area contributed by atoms with Gasteiger partial charge in [-0.25, -0.2) is 13.4 Å². The van der Waals surface area contributed by atoms with Crippen molar-refractivity contribution in [1.82, 2.24) is 9.88 Å². The second kappa shape index (κ2) is 5.93. The molecule has 0 aromatic carbocycles. The van der Waals surface area contributed by atoms with Gasteiger partial charge < -0.3 is 4.90 Å². The number of aryl methyl sites for hydroxylation is 1. The Balaban J connectivity index is 1.56. The maximum absolute atomic E-state index is 11.5. The number of pyridine rings is 1. The summed E-state index contributed by atoms with van der Waals surface area (Å²) in [7, 11) is -2.77. The third kappa shape index (κ3) is 3.55. The molecule has 0 atom stereocenters. The molecule has 3 heterocycles. The van der Waals surface area contributed by atoms with E-state index in [9.17, 15) is 8.42 Å². The molecule has 1 aromatic rings. The van der Waals surface area contributed by atoms with Gasteiger partial charge in [0.05, 0.1) is 11.5 Å². The van der Waals surface area contributed by atoms with Crippen molar-refractivity contribution in [2.75, 3.05) is 42.6 Å². The van der Waals surface area contributed by atoms with Crippen LogP contribution in [0.3, 0.4) is 0 Å². The maximum Gasteiger partial charge on any atom is 0.152 e. The van der Waals surface area contributed by atoms with Crippen LogP contribution in [-0.4, -0.2) is 62.0 Å². The van der Waals surface area contributed by atoms with Gasteiger partial charge in [-0.1, -0.05) is 0 Å². The summed E-state index contributed by atoms with van der Waals surface area (Å²) in [5, 5.41) is 0. The van der Waals surface area contributed by atoms with Crippen LogP contribution in [0.15, 0.2) is 18.3 Å². The molecule has 0 aliphatic carbocycles. The van der Waals surface area contributed by atoms with E-state index in [1.807, 2.05) is 12.3 Å². The van der Waals surface area contributed by atoms with Crippen LogP contribution in [0.25, 0.3) is 0 Å². The number of nitrogens with zero attached hydrogens (tertiary/aromatic N) is 3. The molecule has 0 unspecified atom stereocenters. The summed E-state index contributed by atoms with van der Waals surface area (Å²) in [4.78, 5) is 9.15. The first kappa shape index (κ1) is 14.8. The van der Waals surface area contributed by atoms with Crippen molar-refractivity contribution in [2.24, 2.45) is 0 Å². The molecule has 1 aromatic heterocycles. The molecule has 116 valence electrons. The van der Waals surface area contributed by atoms with Crippen LogP contribution in [0.1, 0.15) is 18.4 Å². The fourth-order valence-corrected chi connectivity index (χ4v) is 4.47. The Labute approximate surface area is 126 Å². The lowest BCUT2D eigenvalue weighted by atomic mass is 10.0. The third-order valence-corrected chi connectivity index (χ3v) is 6.19. The summed E-state index contributed by atoms with van der Waals surface area (Å²) >= 11 is 0. The van der Waals surface area contributed by atoms with Crippen molar-refractivity contribution in [1.29, 1.82) is 0 Å². The first-order valence-electron chi connectivity index (χ1n) is 7.66. The highest BCUT2D eigenvalue weighted by Crippen LogP contribution is 2.22. The van der Waals surface area contributed by atoms with Crippen LogP contribution in [0.2, 0.25) is 0 Å². The van der Waals surface area contributed by atoms with Gasteiger partial charge >= 0.3 is 0 Å². The van der Waals surface area contributed by atoms with Gasteiger partial charge in [0.2, 0.25) is 0 Å². The van der Waals surface area contributed by atoms with E-state index < -0.39 is 9.84 Å². The second-order valence-electron chi connectivity index (χ2n) is 6.10. The lowest BCUT2D eigenvalue weighted by Gasteiger charge is -2.40. The number of piperidine rings is 1. The summed E-state index contributed by atoms with van der Waals surface area (Å²) < 4.78 is 23.0. The van der Waals surface area contributed by atoms with Gasteiger partial charge in [0.15, 0.2) is 9.84 Å². The molecule has 6 heteroatoms. The molecule has 21 heavy (non-hydrogen) atoms. The van der Waals surface area contributed by atoms with Crippen LogP contribution in [-0.2, 0) is 9.84 Å². The van der Waals surface area contributed by atoms with Crippen LogP contribution in [0.4, 0.5) is 5.82 Å². The summed E-state index contributed by atoms with van der Waals surface area (Å²) in [5.74, 6) is 1.72. The SMILES string of the molecule is Cc1ccnc(N2CCC(N3CCS(=O)(=O)CC3)CC2)c1. The van der Waals surface area contributed by atoms with Crippen LogP contribution in [0, 0.1) is 6.92 Å². The summed E-state index contributed by atoms with van der Waals surface area (Å²) in [6, 6.07) is 4.68. The molecule has 2 saturated heterocycles. The van der Waals surface area contributed by atoms with Gasteiger partial charge in [0, 0.05) is 38.4 Å². The Morgan fingerprint density at radius 3 is 2.43 bits per heavy atom. The van der Waals surface area contributed by atoms with Gasteiger partial charge in [0.1, 0.15) is 5.82 Å². The Morgan fingerprint density at radius 2 is 1.81 bits per heavy atom. The molecule has 0 bridgehead atoms. The van der Waals surface area contributed by atoms with E-state index in [1.165, 1.54) is 5.56 Å². The Bertz CT molecular complexity index is 581. The zero-order valence-corrected chi connectivity index (χ0v) is 13.3. The van der Waals surface area contributed by atoms with Gasteiger partial charge in [0.25, 0.3) is 0 Å². The minimum atomic E-state index is -2.77. The second-order valence-corrected chi connectivity index (χ2v) is 8.40. The Kier molecular flexibility index (Phi) is 4.17. The van der Waals surface area contributed by atoms with Gasteiger partial charge in [-0.2, -0.15) is 0 Å². The lowest BCUT2D eigenvalue weighted by Crippen LogP contribution is -2.50. The molecule has 0 saturated carbocycles. The molecule has 0 radical (unpaired) electrons. The normalized spacial score (nSPS) is 24.1. The minimum Gasteiger partial charge on any atom is -0.356 e. The molecule has 0 spiro atoms. The summed E-state index contributed by atoms with van der Waals surface area (Å²) in [6.45, 7) is 5.51. The number of anilines is 1. The average molecular weight is 309 g/mol. The monoisotopic (exact) mass is 309 g/mol. The zero-order chi connectivity index (χ0) is 14.9. The van der Waals surface area contributed by atoms with Crippen molar-refractivity contribution in [3.8, 4) is 0 Å². The number of aromatic nitrogens is 1. The number of hydrogen-bond acceptors (Lipinski definition) is 5. The van der Waals surface area contributed by atoms with Gasteiger partial charge in [-0.05, 0) is 37.5 Å². The summed E-state index contributed by atoms with van der Waals surface area (Å²) in [6.07, 6.45) is 4.05. The van der Waals surface area contributed by atoms with Gasteiger partial charge in [-0.15, -0.1) is 0 Å². The predicted molar refractivity (Wildman–Crippen MR) is 84.4 cm³/mol. The van der Waals surface area contributed by atoms with Crippen molar-refractivity contribution in [2.45, 2.75) is 25.8 Å². The van der Waals surface area contributed by atoms with Crippen molar-refractivity contribution in [3.05, 3.63) is 23.9 Å². The van der Waals surface area contributed by atoms with E-state index in [4.69, 9.17) is 0 Å². The largest absolute Gasteiger partial charge is 0.356 e. The molecule has 2 fully saturated rings. The lowest BCUT2D eigenvalue weighted by molar-refractivity contribution is 0.182. The highest BCUT2D eigenvalue weighted by atomic mass is 32.2. The summed E-state index contributed by atoms with van der Waals surface area (Å²) in [5.41, 5.74) is 1.24. The smallest absolute Gasteiger partial charge is 0.152 e. The quantitative estimate of drug-likeness (QED) is 0.818. The standard InChI is InChI=1S/C15H23N3O2S/c1-13-2-5-16-15(12-13)18-6-3-14(4-7-18)17-8-10-21(19,20)11-9-17/h2,5,12,14H,3-4,6-11H2,1H3. The van der Waals surface area contributed by atoms with Crippen LogP contribution < -0.4 is 4.90 Å². The highest BCUT2D eigenvalue weighted by molar-refractivity contribution is 7.91. The van der Waals surface area contributed by atoms with Crippen molar-refractivity contribution < 1.29 is 8.42 Å². The van der Waals surface area contributed by atoms with Crippen LogP contribution in [0.5, 0.6) is 0 Å². The number of hydrogen-bond donors (Lipinski definition) is 0. The molecular formula is C15H23N3O2S. The molecule has 2 aliphatic heterocycles. The maximum atomic E-state index is 11.5. The molecule has 5 nitrogen and oxygen atoms in total. The fraction of sp³-hybridized carbons (Fsp3) is 0.667. The van der Waals surface area contributed by atoms with Crippen molar-refractivity contribution >= 4 is 15.7 Å². The molecular weight excluding hydrogens is 286 g/mol. The van der Waals surface area contributed by atoms with E-state index in [0.29, 0.717) is 30.6 Å². The molecule has 2 aliphatic rings. The highest BCUT2D eigenvalue weighted by Gasteiger charge is 2.29. The molecule has 0 N–H and O–H groups in total. The Hall–Kier alpha value is -1.14. The van der Waals surface area contributed by atoms with Crippen molar-refractivity contribution in [3.63, 3.8) is 0 Å². The zero-order valence-electron chi connectivity index (χ0n) is 12.5. The fourth-order valence-electron chi connectivity index (χ4n) is 3.24.